The van der Waals surface area contributed by atoms with Gasteiger partial charge in [0.1, 0.15) is 11.3 Å². The van der Waals surface area contributed by atoms with E-state index in [1.165, 1.54) is 19.2 Å². The third kappa shape index (κ3) is 1.30. The summed E-state index contributed by atoms with van der Waals surface area (Å²) in [5, 5.41) is 0. The highest BCUT2D eigenvalue weighted by Crippen LogP contribution is 2.60. The Hall–Kier alpha value is -1.56. The van der Waals surface area contributed by atoms with Gasteiger partial charge in [0.05, 0.1) is 7.11 Å². The van der Waals surface area contributed by atoms with Gasteiger partial charge in [-0.15, -0.1) is 0 Å². The molecule has 2 N–H and O–H groups in total. The highest BCUT2D eigenvalue weighted by Gasteiger charge is 2.71. The second-order valence-electron chi connectivity index (χ2n) is 4.26. The SMILES string of the molecule is COc1cc2c(cc1C1(N)CC1(F)F)OCO2. The molecule has 1 aliphatic heterocycles. The van der Waals surface area contributed by atoms with Crippen LogP contribution in [0.25, 0.3) is 0 Å². The molecule has 6 heteroatoms. The molecule has 1 fully saturated rings. The number of benzene rings is 1. The summed E-state index contributed by atoms with van der Waals surface area (Å²) in [7, 11) is 1.41. The Labute approximate surface area is 96.3 Å². The average molecular weight is 243 g/mol. The van der Waals surface area contributed by atoms with Crippen molar-refractivity contribution < 1.29 is 23.0 Å². The van der Waals surface area contributed by atoms with Crippen molar-refractivity contribution >= 4 is 0 Å². The number of ether oxygens (including phenoxy) is 3. The molecule has 4 nitrogen and oxygen atoms in total. The minimum absolute atomic E-state index is 0.0793. The molecule has 0 saturated heterocycles. The lowest BCUT2D eigenvalue weighted by Gasteiger charge is -2.15. The summed E-state index contributed by atoms with van der Waals surface area (Å²) in [6.07, 6.45) is -0.379. The molecule has 1 atom stereocenters. The van der Waals surface area contributed by atoms with E-state index in [-0.39, 0.29) is 18.8 Å². The van der Waals surface area contributed by atoms with Crippen LogP contribution in [0.3, 0.4) is 0 Å². The quantitative estimate of drug-likeness (QED) is 0.857. The number of halogens is 2. The zero-order chi connectivity index (χ0) is 12.3. The number of nitrogens with two attached hydrogens (primary N) is 1. The Morgan fingerprint density at radius 2 is 1.88 bits per heavy atom. The van der Waals surface area contributed by atoms with Gasteiger partial charge in [0.2, 0.25) is 6.79 Å². The van der Waals surface area contributed by atoms with Crippen LogP contribution in [0, 0.1) is 0 Å². The topological polar surface area (TPSA) is 53.7 Å². The summed E-state index contributed by atoms with van der Waals surface area (Å²) in [4.78, 5) is 0. The molecule has 1 unspecified atom stereocenters. The predicted molar refractivity (Wildman–Crippen MR) is 54.5 cm³/mol. The maximum atomic E-state index is 13.3. The Bertz CT molecular complexity index is 492. The monoisotopic (exact) mass is 243 g/mol. The number of hydrogen-bond donors (Lipinski definition) is 1. The maximum absolute atomic E-state index is 13.3. The molecule has 1 aromatic carbocycles. The van der Waals surface area contributed by atoms with Gasteiger partial charge >= 0.3 is 0 Å². The molecule has 2 aliphatic rings. The number of alkyl halides is 2. The van der Waals surface area contributed by atoms with Gasteiger partial charge in [-0.05, 0) is 6.07 Å². The first-order chi connectivity index (χ1) is 7.98. The van der Waals surface area contributed by atoms with Gasteiger partial charge in [-0.25, -0.2) is 8.78 Å². The van der Waals surface area contributed by atoms with Crippen molar-refractivity contribution in [2.75, 3.05) is 13.9 Å². The van der Waals surface area contributed by atoms with Gasteiger partial charge in [0.25, 0.3) is 5.92 Å². The lowest BCUT2D eigenvalue weighted by Crippen LogP contribution is -2.27. The average Bonchev–Trinajstić information content (AvgIpc) is 2.66. The first-order valence-corrected chi connectivity index (χ1v) is 5.13. The van der Waals surface area contributed by atoms with Crippen LogP contribution in [0.15, 0.2) is 12.1 Å². The molecule has 17 heavy (non-hydrogen) atoms. The number of hydrogen-bond acceptors (Lipinski definition) is 4. The zero-order valence-electron chi connectivity index (χ0n) is 9.13. The molecule has 0 spiro atoms. The van der Waals surface area contributed by atoms with Gasteiger partial charge in [-0.2, -0.15) is 0 Å². The molecule has 3 rings (SSSR count). The van der Waals surface area contributed by atoms with Crippen LogP contribution >= 0.6 is 0 Å². The van der Waals surface area contributed by atoms with Gasteiger partial charge in [0, 0.05) is 18.1 Å². The molecule has 1 saturated carbocycles. The minimum atomic E-state index is -2.89. The fourth-order valence-electron chi connectivity index (χ4n) is 2.04. The van der Waals surface area contributed by atoms with Crippen LogP contribution in [-0.2, 0) is 5.54 Å². The van der Waals surface area contributed by atoms with E-state index in [9.17, 15) is 8.78 Å². The van der Waals surface area contributed by atoms with Crippen molar-refractivity contribution in [2.24, 2.45) is 5.73 Å². The van der Waals surface area contributed by atoms with Gasteiger partial charge in [0.15, 0.2) is 11.5 Å². The molecule has 1 aliphatic carbocycles. The van der Waals surface area contributed by atoms with E-state index in [4.69, 9.17) is 19.9 Å². The van der Waals surface area contributed by atoms with E-state index in [0.29, 0.717) is 17.2 Å². The first-order valence-electron chi connectivity index (χ1n) is 5.13. The second kappa shape index (κ2) is 3.01. The largest absolute Gasteiger partial charge is 0.496 e. The van der Waals surface area contributed by atoms with Crippen molar-refractivity contribution in [1.82, 2.24) is 0 Å². The first kappa shape index (κ1) is 10.6. The van der Waals surface area contributed by atoms with Crippen LogP contribution < -0.4 is 19.9 Å². The molecule has 0 amide bonds. The van der Waals surface area contributed by atoms with Crippen LogP contribution in [0.2, 0.25) is 0 Å². The van der Waals surface area contributed by atoms with Crippen molar-refractivity contribution in [1.29, 1.82) is 0 Å². The number of rotatable bonds is 2. The van der Waals surface area contributed by atoms with E-state index >= 15 is 0 Å². The fraction of sp³-hybridized carbons (Fsp3) is 0.455. The standard InChI is InChI=1S/C11H11F2NO3/c1-15-7-3-9-8(16-5-17-9)2-6(7)10(14)4-11(10,12)13/h2-3H,4-5,14H2,1H3. The Morgan fingerprint density at radius 1 is 1.29 bits per heavy atom. The Balaban J connectivity index is 2.11. The summed E-state index contributed by atoms with van der Waals surface area (Å²) >= 11 is 0. The molecule has 0 bridgehead atoms. The summed E-state index contributed by atoms with van der Waals surface area (Å²) in [6.45, 7) is 0.0793. The Kier molecular flexibility index (Phi) is 1.87. The molecule has 0 radical (unpaired) electrons. The van der Waals surface area contributed by atoms with Crippen LogP contribution in [0.4, 0.5) is 8.78 Å². The molecule has 92 valence electrons. The fourth-order valence-corrected chi connectivity index (χ4v) is 2.04. The Morgan fingerprint density at radius 3 is 2.41 bits per heavy atom. The van der Waals surface area contributed by atoms with Gasteiger partial charge in [-0.1, -0.05) is 0 Å². The van der Waals surface area contributed by atoms with Crippen molar-refractivity contribution in [3.63, 3.8) is 0 Å². The predicted octanol–water partition coefficient (Wildman–Crippen LogP) is 1.62. The van der Waals surface area contributed by atoms with Crippen molar-refractivity contribution in [3.8, 4) is 17.2 Å². The normalized spacial score (nSPS) is 28.0. The third-order valence-corrected chi connectivity index (χ3v) is 3.20. The van der Waals surface area contributed by atoms with Crippen molar-refractivity contribution in [2.45, 2.75) is 17.9 Å². The molecule has 1 heterocycles. The molecule has 1 aromatic rings. The smallest absolute Gasteiger partial charge is 0.272 e. The van der Waals surface area contributed by atoms with E-state index in [1.54, 1.807) is 0 Å². The lowest BCUT2D eigenvalue weighted by molar-refractivity contribution is 0.0883. The molecular formula is C11H11F2NO3. The highest BCUT2D eigenvalue weighted by atomic mass is 19.3. The van der Waals surface area contributed by atoms with Crippen LogP contribution in [0.5, 0.6) is 17.2 Å². The summed E-state index contributed by atoms with van der Waals surface area (Å²) in [5.74, 6) is -1.69. The number of methoxy groups -OCH3 is 1. The van der Waals surface area contributed by atoms with Crippen molar-refractivity contribution in [3.05, 3.63) is 17.7 Å². The highest BCUT2D eigenvalue weighted by molar-refractivity contribution is 5.56. The maximum Gasteiger partial charge on any atom is 0.272 e. The minimum Gasteiger partial charge on any atom is -0.496 e. The van der Waals surface area contributed by atoms with Crippen LogP contribution in [0.1, 0.15) is 12.0 Å². The third-order valence-electron chi connectivity index (χ3n) is 3.20. The van der Waals surface area contributed by atoms with Gasteiger partial charge < -0.3 is 19.9 Å². The number of fused-ring (bicyclic) bond motifs is 1. The van der Waals surface area contributed by atoms with E-state index in [0.717, 1.165) is 0 Å². The van der Waals surface area contributed by atoms with E-state index < -0.39 is 11.5 Å². The molecular weight excluding hydrogens is 232 g/mol. The summed E-state index contributed by atoms with van der Waals surface area (Å²) in [6, 6.07) is 3.00. The van der Waals surface area contributed by atoms with E-state index in [1.807, 2.05) is 0 Å². The second-order valence-corrected chi connectivity index (χ2v) is 4.26. The lowest BCUT2D eigenvalue weighted by atomic mass is 10.0. The van der Waals surface area contributed by atoms with Gasteiger partial charge in [-0.3, -0.25) is 0 Å². The summed E-state index contributed by atoms with van der Waals surface area (Å²) < 4.78 is 41.9. The summed E-state index contributed by atoms with van der Waals surface area (Å²) in [5.41, 5.74) is 4.29. The van der Waals surface area contributed by atoms with E-state index in [2.05, 4.69) is 0 Å². The molecule has 0 aromatic heterocycles. The van der Waals surface area contributed by atoms with Crippen LogP contribution in [-0.4, -0.2) is 19.8 Å². The zero-order valence-corrected chi connectivity index (χ0v) is 9.13.